The van der Waals surface area contributed by atoms with Crippen LogP contribution in [-0.4, -0.2) is 29.9 Å². The van der Waals surface area contributed by atoms with E-state index in [1.54, 1.807) is 6.08 Å². The van der Waals surface area contributed by atoms with E-state index < -0.39 is 0 Å². The minimum Gasteiger partial charge on any atom is -0.306 e. The van der Waals surface area contributed by atoms with E-state index >= 15 is 0 Å². The second-order valence-corrected chi connectivity index (χ2v) is 3.69. The van der Waals surface area contributed by atoms with E-state index in [0.29, 0.717) is 6.42 Å². The molecule has 0 aliphatic carbocycles. The van der Waals surface area contributed by atoms with Crippen molar-refractivity contribution in [2.24, 2.45) is 0 Å². The number of thioether (sulfide) groups is 1. The zero-order chi connectivity index (χ0) is 8.10. The molecule has 1 N–H and O–H groups in total. The Balaban J connectivity index is 2.32. The Kier molecular flexibility index (Phi) is 3.66. The van der Waals surface area contributed by atoms with Crippen LogP contribution in [-0.2, 0) is 4.79 Å². The topological polar surface area (TPSA) is 29.1 Å². The lowest BCUT2D eigenvalue weighted by atomic mass is 10.1. The summed E-state index contributed by atoms with van der Waals surface area (Å²) in [6.45, 7) is 4.50. The van der Waals surface area contributed by atoms with Gasteiger partial charge in [0.05, 0.1) is 6.04 Å². The highest BCUT2D eigenvalue weighted by Crippen LogP contribution is 2.09. The van der Waals surface area contributed by atoms with Gasteiger partial charge in [-0.15, -0.1) is 6.58 Å². The first-order valence-electron chi connectivity index (χ1n) is 3.79. The van der Waals surface area contributed by atoms with E-state index in [9.17, 15) is 4.79 Å². The molecule has 1 atom stereocenters. The normalized spacial score (nSPS) is 24.5. The second-order valence-electron chi connectivity index (χ2n) is 2.54. The Morgan fingerprint density at radius 1 is 1.82 bits per heavy atom. The number of Topliss-reactive ketones (excluding diaryl/α,β-unsaturated/α-hetero) is 1. The SMILES string of the molecule is C=CCC(=O)C1CSCCN1. The summed E-state index contributed by atoms with van der Waals surface area (Å²) in [6.07, 6.45) is 2.17. The van der Waals surface area contributed by atoms with Gasteiger partial charge >= 0.3 is 0 Å². The molecule has 0 aromatic heterocycles. The summed E-state index contributed by atoms with van der Waals surface area (Å²) in [6, 6.07) is 0.0757. The zero-order valence-corrected chi connectivity index (χ0v) is 7.32. The van der Waals surface area contributed by atoms with Gasteiger partial charge < -0.3 is 5.32 Å². The molecule has 2 nitrogen and oxygen atoms in total. The molecule has 0 spiro atoms. The number of carbonyl (C=O) groups excluding carboxylic acids is 1. The summed E-state index contributed by atoms with van der Waals surface area (Å²) in [5.74, 6) is 2.32. The van der Waals surface area contributed by atoms with Crippen molar-refractivity contribution in [3.63, 3.8) is 0 Å². The predicted molar refractivity (Wildman–Crippen MR) is 48.9 cm³/mol. The van der Waals surface area contributed by atoms with Crippen LogP contribution >= 0.6 is 11.8 Å². The molecule has 1 aliphatic rings. The van der Waals surface area contributed by atoms with Crippen LogP contribution < -0.4 is 5.32 Å². The molecule has 1 unspecified atom stereocenters. The molecular formula is C8H13NOS. The first-order valence-corrected chi connectivity index (χ1v) is 4.95. The number of hydrogen-bond donors (Lipinski definition) is 1. The molecule has 11 heavy (non-hydrogen) atoms. The van der Waals surface area contributed by atoms with Crippen LogP contribution in [0.15, 0.2) is 12.7 Å². The standard InChI is InChI=1S/C8H13NOS/c1-2-3-8(10)7-6-11-5-4-9-7/h2,7,9H,1,3-6H2. The van der Waals surface area contributed by atoms with Gasteiger partial charge in [-0.3, -0.25) is 4.79 Å². The van der Waals surface area contributed by atoms with E-state index in [-0.39, 0.29) is 11.8 Å². The molecule has 1 heterocycles. The van der Waals surface area contributed by atoms with Crippen molar-refractivity contribution in [3.05, 3.63) is 12.7 Å². The van der Waals surface area contributed by atoms with E-state index in [0.717, 1.165) is 18.1 Å². The van der Waals surface area contributed by atoms with E-state index in [1.165, 1.54) is 0 Å². The van der Waals surface area contributed by atoms with E-state index in [4.69, 9.17) is 0 Å². The summed E-state index contributed by atoms with van der Waals surface area (Å²) in [4.78, 5) is 11.3. The second kappa shape index (κ2) is 4.57. The number of allylic oxidation sites excluding steroid dienone is 1. The Labute approximate surface area is 71.4 Å². The Morgan fingerprint density at radius 3 is 3.18 bits per heavy atom. The van der Waals surface area contributed by atoms with Gasteiger partial charge in [0.1, 0.15) is 0 Å². The van der Waals surface area contributed by atoms with E-state index in [2.05, 4.69) is 11.9 Å². The fourth-order valence-corrected chi connectivity index (χ4v) is 2.03. The average molecular weight is 171 g/mol. The lowest BCUT2D eigenvalue weighted by molar-refractivity contribution is -0.119. The summed E-state index contributed by atoms with van der Waals surface area (Å²) in [5, 5.41) is 3.19. The molecule has 1 saturated heterocycles. The van der Waals surface area contributed by atoms with Crippen molar-refractivity contribution < 1.29 is 4.79 Å². The molecule has 0 saturated carbocycles. The number of hydrogen-bond acceptors (Lipinski definition) is 3. The highest BCUT2D eigenvalue weighted by Gasteiger charge is 2.18. The molecule has 0 aromatic rings. The van der Waals surface area contributed by atoms with Crippen LogP contribution in [0.3, 0.4) is 0 Å². The van der Waals surface area contributed by atoms with Crippen LogP contribution in [0.4, 0.5) is 0 Å². The molecular weight excluding hydrogens is 158 g/mol. The summed E-state index contributed by atoms with van der Waals surface area (Å²) in [7, 11) is 0. The molecule has 1 aliphatic heterocycles. The van der Waals surface area contributed by atoms with Crippen LogP contribution in [0, 0.1) is 0 Å². The Morgan fingerprint density at radius 2 is 2.64 bits per heavy atom. The molecule has 0 amide bonds. The maximum atomic E-state index is 11.3. The smallest absolute Gasteiger partial charge is 0.154 e. The zero-order valence-electron chi connectivity index (χ0n) is 6.51. The molecule has 0 bridgehead atoms. The Bertz CT molecular complexity index is 152. The first-order chi connectivity index (χ1) is 5.34. The summed E-state index contributed by atoms with van der Waals surface area (Å²) >= 11 is 1.84. The lowest BCUT2D eigenvalue weighted by Crippen LogP contribution is -2.43. The van der Waals surface area contributed by atoms with Gasteiger partial charge in [0.25, 0.3) is 0 Å². The fourth-order valence-electron chi connectivity index (χ4n) is 1.06. The highest BCUT2D eigenvalue weighted by molar-refractivity contribution is 7.99. The predicted octanol–water partition coefficient (Wildman–Crippen LogP) is 0.837. The largest absolute Gasteiger partial charge is 0.306 e. The van der Waals surface area contributed by atoms with Gasteiger partial charge in [0.2, 0.25) is 0 Å². The van der Waals surface area contributed by atoms with Crippen molar-refractivity contribution in [2.75, 3.05) is 18.1 Å². The van der Waals surface area contributed by atoms with Gasteiger partial charge in [0.15, 0.2) is 5.78 Å². The minimum atomic E-state index is 0.0757. The van der Waals surface area contributed by atoms with Gasteiger partial charge in [0, 0.05) is 24.5 Å². The van der Waals surface area contributed by atoms with Crippen LogP contribution in [0.1, 0.15) is 6.42 Å². The third-order valence-corrected chi connectivity index (χ3v) is 2.72. The number of ketones is 1. The van der Waals surface area contributed by atoms with Crippen LogP contribution in [0.5, 0.6) is 0 Å². The lowest BCUT2D eigenvalue weighted by Gasteiger charge is -2.21. The van der Waals surface area contributed by atoms with Crippen molar-refractivity contribution in [2.45, 2.75) is 12.5 Å². The molecule has 3 heteroatoms. The van der Waals surface area contributed by atoms with Gasteiger partial charge in [-0.1, -0.05) is 6.08 Å². The van der Waals surface area contributed by atoms with Crippen molar-refractivity contribution in [3.8, 4) is 0 Å². The maximum absolute atomic E-state index is 11.3. The van der Waals surface area contributed by atoms with Crippen LogP contribution in [0.25, 0.3) is 0 Å². The molecule has 0 radical (unpaired) electrons. The van der Waals surface area contributed by atoms with Gasteiger partial charge in [-0.2, -0.15) is 11.8 Å². The first kappa shape index (κ1) is 8.81. The summed E-state index contributed by atoms with van der Waals surface area (Å²) < 4.78 is 0. The third-order valence-electron chi connectivity index (χ3n) is 1.66. The number of carbonyl (C=O) groups is 1. The van der Waals surface area contributed by atoms with E-state index in [1.807, 2.05) is 11.8 Å². The fraction of sp³-hybridized carbons (Fsp3) is 0.625. The monoisotopic (exact) mass is 171 g/mol. The van der Waals surface area contributed by atoms with Gasteiger partial charge in [-0.05, 0) is 0 Å². The molecule has 0 aromatic carbocycles. The number of nitrogens with one attached hydrogen (secondary N) is 1. The van der Waals surface area contributed by atoms with Crippen molar-refractivity contribution in [1.29, 1.82) is 0 Å². The quantitative estimate of drug-likeness (QED) is 0.638. The highest BCUT2D eigenvalue weighted by atomic mass is 32.2. The van der Waals surface area contributed by atoms with Gasteiger partial charge in [-0.25, -0.2) is 0 Å². The summed E-state index contributed by atoms with van der Waals surface area (Å²) in [5.41, 5.74) is 0. The molecule has 1 rings (SSSR count). The maximum Gasteiger partial charge on any atom is 0.154 e. The van der Waals surface area contributed by atoms with Crippen LogP contribution in [0.2, 0.25) is 0 Å². The number of rotatable bonds is 3. The minimum absolute atomic E-state index is 0.0757. The average Bonchev–Trinajstić information content (AvgIpc) is 2.07. The molecule has 1 fully saturated rings. The van der Waals surface area contributed by atoms with Crippen molar-refractivity contribution >= 4 is 17.5 Å². The third kappa shape index (κ3) is 2.67. The molecule has 62 valence electrons. The van der Waals surface area contributed by atoms with Crippen molar-refractivity contribution in [1.82, 2.24) is 5.32 Å². The Hall–Kier alpha value is -0.280.